The molecule has 1 aromatic heterocycles. The fourth-order valence-electron chi connectivity index (χ4n) is 3.15. The Morgan fingerprint density at radius 1 is 1.18 bits per heavy atom. The van der Waals surface area contributed by atoms with Crippen LogP contribution < -0.4 is 10.6 Å². The SMILES string of the molecule is CCc1ccc(NC(=O)CSc2n[nH]c([C@H](NC(=O)c3cccc([N+](=O)[O-])c3)C(C)C)n2)cc1. The van der Waals surface area contributed by atoms with Crippen LogP contribution in [0.5, 0.6) is 0 Å². The summed E-state index contributed by atoms with van der Waals surface area (Å²) in [6.07, 6.45) is 0.931. The number of nitro benzene ring substituents is 1. The highest BCUT2D eigenvalue weighted by molar-refractivity contribution is 7.99. The smallest absolute Gasteiger partial charge is 0.270 e. The van der Waals surface area contributed by atoms with Gasteiger partial charge in [0.15, 0.2) is 0 Å². The van der Waals surface area contributed by atoms with Crippen LogP contribution in [0.2, 0.25) is 0 Å². The first-order valence-corrected chi connectivity index (χ1v) is 11.7. The van der Waals surface area contributed by atoms with E-state index in [0.29, 0.717) is 11.0 Å². The summed E-state index contributed by atoms with van der Waals surface area (Å²) in [4.78, 5) is 39.8. The zero-order valence-corrected chi connectivity index (χ0v) is 19.9. The molecule has 0 aliphatic rings. The van der Waals surface area contributed by atoms with Gasteiger partial charge in [-0.05, 0) is 36.1 Å². The summed E-state index contributed by atoms with van der Waals surface area (Å²) >= 11 is 1.17. The Morgan fingerprint density at radius 3 is 2.56 bits per heavy atom. The number of nitro groups is 1. The van der Waals surface area contributed by atoms with E-state index in [9.17, 15) is 19.7 Å². The van der Waals surface area contributed by atoms with Crippen LogP contribution in [0.1, 0.15) is 48.6 Å². The molecule has 2 aromatic carbocycles. The van der Waals surface area contributed by atoms with Gasteiger partial charge in [-0.3, -0.25) is 24.8 Å². The van der Waals surface area contributed by atoms with E-state index in [0.717, 1.165) is 12.1 Å². The Morgan fingerprint density at radius 2 is 1.91 bits per heavy atom. The monoisotopic (exact) mass is 482 g/mol. The van der Waals surface area contributed by atoms with Gasteiger partial charge in [0, 0.05) is 23.4 Å². The number of nitrogens with one attached hydrogen (secondary N) is 3. The lowest BCUT2D eigenvalue weighted by Gasteiger charge is -2.19. The van der Waals surface area contributed by atoms with Gasteiger partial charge in [-0.15, -0.1) is 5.10 Å². The van der Waals surface area contributed by atoms with Crippen LogP contribution in [-0.4, -0.2) is 37.7 Å². The van der Waals surface area contributed by atoms with E-state index >= 15 is 0 Å². The van der Waals surface area contributed by atoms with Gasteiger partial charge in [0.25, 0.3) is 11.6 Å². The minimum Gasteiger partial charge on any atom is -0.342 e. The molecular formula is C23H26N6O4S. The van der Waals surface area contributed by atoms with E-state index < -0.39 is 16.9 Å². The van der Waals surface area contributed by atoms with E-state index in [2.05, 4.69) is 32.7 Å². The summed E-state index contributed by atoms with van der Waals surface area (Å²) in [6, 6.07) is 12.7. The molecule has 0 fully saturated rings. The number of hydrogen-bond donors (Lipinski definition) is 3. The summed E-state index contributed by atoms with van der Waals surface area (Å²) in [5.41, 5.74) is 1.93. The lowest BCUT2D eigenvalue weighted by atomic mass is 10.0. The van der Waals surface area contributed by atoms with Crippen molar-refractivity contribution < 1.29 is 14.5 Å². The Hall–Kier alpha value is -3.73. The van der Waals surface area contributed by atoms with Gasteiger partial charge < -0.3 is 10.6 Å². The molecule has 11 heteroatoms. The predicted molar refractivity (Wildman–Crippen MR) is 130 cm³/mol. The lowest BCUT2D eigenvalue weighted by Crippen LogP contribution is -2.32. The van der Waals surface area contributed by atoms with Crippen molar-refractivity contribution in [1.82, 2.24) is 20.5 Å². The average molecular weight is 483 g/mol. The highest BCUT2D eigenvalue weighted by atomic mass is 32.2. The van der Waals surface area contributed by atoms with Crippen molar-refractivity contribution in [2.45, 2.75) is 38.4 Å². The Labute approximate surface area is 201 Å². The number of aromatic nitrogens is 3. The fraction of sp³-hybridized carbons (Fsp3) is 0.304. The number of hydrogen-bond acceptors (Lipinski definition) is 7. The second kappa shape index (κ2) is 11.4. The topological polar surface area (TPSA) is 143 Å². The van der Waals surface area contributed by atoms with Crippen LogP contribution in [-0.2, 0) is 11.2 Å². The number of anilines is 1. The quantitative estimate of drug-likeness (QED) is 0.224. The number of rotatable bonds is 10. The van der Waals surface area contributed by atoms with E-state index in [4.69, 9.17) is 0 Å². The molecule has 0 saturated heterocycles. The van der Waals surface area contributed by atoms with Crippen molar-refractivity contribution >= 4 is 35.0 Å². The van der Waals surface area contributed by atoms with Gasteiger partial charge in [0.05, 0.1) is 16.7 Å². The Kier molecular flexibility index (Phi) is 8.36. The minimum atomic E-state index is -0.549. The molecule has 0 radical (unpaired) electrons. The van der Waals surface area contributed by atoms with Gasteiger partial charge in [-0.2, -0.15) is 0 Å². The highest BCUT2D eigenvalue weighted by Gasteiger charge is 2.24. The van der Waals surface area contributed by atoms with Crippen molar-refractivity contribution in [3.05, 3.63) is 75.6 Å². The molecule has 1 atom stereocenters. The first kappa shape index (κ1) is 24.9. The fourth-order valence-corrected chi connectivity index (χ4v) is 3.75. The maximum absolute atomic E-state index is 12.7. The van der Waals surface area contributed by atoms with E-state index in [-0.39, 0.29) is 28.8 Å². The second-order valence-corrected chi connectivity index (χ2v) is 8.84. The highest BCUT2D eigenvalue weighted by Crippen LogP contribution is 2.23. The van der Waals surface area contributed by atoms with E-state index in [1.165, 1.54) is 41.6 Å². The Balaban J connectivity index is 1.60. The summed E-state index contributed by atoms with van der Waals surface area (Å²) < 4.78 is 0. The van der Waals surface area contributed by atoms with Crippen LogP contribution >= 0.6 is 11.8 Å². The van der Waals surface area contributed by atoms with E-state index in [1.807, 2.05) is 38.1 Å². The second-order valence-electron chi connectivity index (χ2n) is 7.89. The Bertz CT molecular complexity index is 1160. The zero-order chi connectivity index (χ0) is 24.7. The van der Waals surface area contributed by atoms with Gasteiger partial charge in [-0.25, -0.2) is 4.98 Å². The molecule has 178 valence electrons. The van der Waals surface area contributed by atoms with Crippen LogP contribution in [0.4, 0.5) is 11.4 Å². The van der Waals surface area contributed by atoms with E-state index in [1.54, 1.807) is 0 Å². The number of carbonyl (C=O) groups is 2. The molecule has 34 heavy (non-hydrogen) atoms. The first-order chi connectivity index (χ1) is 16.3. The average Bonchev–Trinajstić information content (AvgIpc) is 3.30. The van der Waals surface area contributed by atoms with Gasteiger partial charge >= 0.3 is 0 Å². The number of aryl methyl sites for hydroxylation is 1. The molecule has 0 bridgehead atoms. The zero-order valence-electron chi connectivity index (χ0n) is 19.1. The summed E-state index contributed by atoms with van der Waals surface area (Å²) in [6.45, 7) is 5.88. The van der Waals surface area contributed by atoms with Crippen molar-refractivity contribution in [3.8, 4) is 0 Å². The summed E-state index contributed by atoms with van der Waals surface area (Å²) in [5.74, 6) is -0.115. The normalized spacial score (nSPS) is 11.8. The van der Waals surface area contributed by atoms with Gasteiger partial charge in [0.2, 0.25) is 11.1 Å². The number of amides is 2. The molecule has 3 aromatic rings. The lowest BCUT2D eigenvalue weighted by molar-refractivity contribution is -0.384. The number of H-pyrrole nitrogens is 1. The molecule has 10 nitrogen and oxygen atoms in total. The molecule has 2 amide bonds. The summed E-state index contributed by atoms with van der Waals surface area (Å²) in [7, 11) is 0. The molecule has 0 aliphatic heterocycles. The standard InChI is InChI=1S/C23H26N6O4S/c1-4-15-8-10-17(11-9-15)24-19(30)13-34-23-26-21(27-28-23)20(14(2)3)25-22(31)16-6-5-7-18(12-16)29(32)33/h5-12,14,20H,4,13H2,1-3H3,(H,24,30)(H,25,31)(H,26,27,28)/t20-/m1/s1. The van der Waals surface area contributed by atoms with Crippen LogP contribution in [0.15, 0.2) is 53.7 Å². The third kappa shape index (κ3) is 6.64. The van der Waals surface area contributed by atoms with Crippen molar-refractivity contribution in [2.75, 3.05) is 11.1 Å². The minimum absolute atomic E-state index is 0.0390. The molecule has 1 heterocycles. The van der Waals surface area contributed by atoms with Gasteiger partial charge in [-0.1, -0.05) is 50.7 Å². The number of non-ortho nitro benzene ring substituents is 1. The molecule has 0 spiro atoms. The third-order valence-electron chi connectivity index (χ3n) is 5.03. The summed E-state index contributed by atoms with van der Waals surface area (Å²) in [5, 5.41) is 24.0. The van der Waals surface area contributed by atoms with Crippen molar-refractivity contribution in [1.29, 1.82) is 0 Å². The molecular weight excluding hydrogens is 456 g/mol. The maximum Gasteiger partial charge on any atom is 0.270 e. The third-order valence-corrected chi connectivity index (χ3v) is 5.87. The van der Waals surface area contributed by atoms with Crippen LogP contribution in [0.3, 0.4) is 0 Å². The van der Waals surface area contributed by atoms with Gasteiger partial charge in [0.1, 0.15) is 5.82 Å². The molecule has 3 rings (SSSR count). The number of thioether (sulfide) groups is 1. The largest absolute Gasteiger partial charge is 0.342 e. The molecule has 0 aliphatic carbocycles. The number of carbonyl (C=O) groups excluding carboxylic acids is 2. The predicted octanol–water partition coefficient (Wildman–Crippen LogP) is 4.13. The molecule has 0 saturated carbocycles. The molecule has 0 unspecified atom stereocenters. The van der Waals surface area contributed by atoms with Crippen LogP contribution in [0, 0.1) is 16.0 Å². The van der Waals surface area contributed by atoms with Crippen molar-refractivity contribution in [3.63, 3.8) is 0 Å². The first-order valence-electron chi connectivity index (χ1n) is 10.8. The maximum atomic E-state index is 12.7. The number of aromatic amines is 1. The number of nitrogens with zero attached hydrogens (tertiary/aromatic N) is 3. The molecule has 3 N–H and O–H groups in total. The number of benzene rings is 2. The van der Waals surface area contributed by atoms with Crippen molar-refractivity contribution in [2.24, 2.45) is 5.92 Å². The van der Waals surface area contributed by atoms with Crippen LogP contribution in [0.25, 0.3) is 0 Å².